The molecule has 1 N–H and O–H groups in total. The lowest BCUT2D eigenvalue weighted by Crippen LogP contribution is -2.35. The molecule has 90 valence electrons. The molecule has 1 heterocycles. The molecule has 1 aliphatic carbocycles. The number of ether oxygens (including phenoxy) is 1. The Hall–Kier alpha value is -1.26. The molecule has 2 rings (SSSR count). The second-order valence-corrected chi connectivity index (χ2v) is 5.66. The van der Waals surface area contributed by atoms with Gasteiger partial charge in [0.15, 0.2) is 0 Å². The van der Waals surface area contributed by atoms with E-state index < -0.39 is 5.60 Å². The third kappa shape index (κ3) is 1.99. The summed E-state index contributed by atoms with van der Waals surface area (Å²) >= 11 is 0. The summed E-state index contributed by atoms with van der Waals surface area (Å²) in [5, 5.41) is 12.2. The van der Waals surface area contributed by atoms with Gasteiger partial charge in [-0.1, -0.05) is 5.16 Å². The average Bonchev–Trinajstić information content (AvgIpc) is 2.77. The molecule has 0 bridgehead atoms. The highest BCUT2D eigenvalue weighted by Crippen LogP contribution is 2.51. The van der Waals surface area contributed by atoms with Crippen molar-refractivity contribution in [2.45, 2.75) is 39.2 Å². The van der Waals surface area contributed by atoms with Gasteiger partial charge in [0.05, 0.1) is 12.3 Å². The molecule has 1 amide bonds. The second kappa shape index (κ2) is 3.37. The maximum atomic E-state index is 11.8. The third-order valence-corrected chi connectivity index (χ3v) is 3.07. The number of amides is 1. The maximum Gasteiger partial charge on any atom is 0.410 e. The molecule has 0 aromatic heterocycles. The summed E-state index contributed by atoms with van der Waals surface area (Å²) in [4.78, 5) is 13.4. The molecule has 5 nitrogen and oxygen atoms in total. The van der Waals surface area contributed by atoms with Crippen molar-refractivity contribution >= 4 is 11.8 Å². The predicted molar refractivity (Wildman–Crippen MR) is 58.7 cm³/mol. The molecule has 1 spiro atoms. The van der Waals surface area contributed by atoms with Crippen molar-refractivity contribution in [1.82, 2.24) is 4.90 Å². The van der Waals surface area contributed by atoms with Gasteiger partial charge >= 0.3 is 6.09 Å². The van der Waals surface area contributed by atoms with Crippen molar-refractivity contribution in [2.24, 2.45) is 10.6 Å². The topological polar surface area (TPSA) is 62.1 Å². The Kier molecular flexibility index (Phi) is 2.36. The van der Waals surface area contributed by atoms with E-state index in [4.69, 9.17) is 9.94 Å². The smallest absolute Gasteiger partial charge is 0.410 e. The SMILES string of the molecule is CC(C)(C)OC(=O)N1C/C(=N\O)C2(CC2)C1. The molecule has 0 aromatic carbocycles. The van der Waals surface area contributed by atoms with Gasteiger partial charge in [0.1, 0.15) is 5.60 Å². The summed E-state index contributed by atoms with van der Waals surface area (Å²) in [6.45, 7) is 6.55. The van der Waals surface area contributed by atoms with E-state index in [1.807, 2.05) is 20.8 Å². The molecule has 1 saturated heterocycles. The fourth-order valence-corrected chi connectivity index (χ4v) is 2.05. The highest BCUT2D eigenvalue weighted by atomic mass is 16.6. The quantitative estimate of drug-likeness (QED) is 0.506. The number of hydrogen-bond acceptors (Lipinski definition) is 4. The Morgan fingerprint density at radius 3 is 2.50 bits per heavy atom. The molecule has 5 heteroatoms. The Balaban J connectivity index is 2.01. The first-order valence-corrected chi connectivity index (χ1v) is 5.56. The van der Waals surface area contributed by atoms with Crippen LogP contribution in [0.5, 0.6) is 0 Å². The predicted octanol–water partition coefficient (Wildman–Crippen LogP) is 1.85. The van der Waals surface area contributed by atoms with E-state index in [2.05, 4.69) is 5.16 Å². The standard InChI is InChI=1S/C11H18N2O3/c1-10(2,3)16-9(14)13-6-8(12-15)11(7-13)4-5-11/h15H,4-7H2,1-3H3/b12-8+. The summed E-state index contributed by atoms with van der Waals surface area (Å²) in [7, 11) is 0. The first kappa shape index (κ1) is 11.2. The number of nitrogens with zero attached hydrogens (tertiary/aromatic N) is 2. The number of rotatable bonds is 0. The van der Waals surface area contributed by atoms with Crippen molar-refractivity contribution in [3.63, 3.8) is 0 Å². The van der Waals surface area contributed by atoms with Crippen LogP contribution in [0.15, 0.2) is 5.16 Å². The monoisotopic (exact) mass is 226 g/mol. The van der Waals surface area contributed by atoms with Crippen molar-refractivity contribution in [3.8, 4) is 0 Å². The van der Waals surface area contributed by atoms with Crippen LogP contribution in [-0.2, 0) is 4.74 Å². The minimum absolute atomic E-state index is 0.0361. The van der Waals surface area contributed by atoms with Crippen molar-refractivity contribution in [3.05, 3.63) is 0 Å². The Labute approximate surface area is 95.1 Å². The Morgan fingerprint density at radius 1 is 1.50 bits per heavy atom. The van der Waals surface area contributed by atoms with Crippen LogP contribution >= 0.6 is 0 Å². The van der Waals surface area contributed by atoms with E-state index in [-0.39, 0.29) is 11.5 Å². The first-order chi connectivity index (χ1) is 7.36. The second-order valence-electron chi connectivity index (χ2n) is 5.66. The summed E-state index contributed by atoms with van der Waals surface area (Å²) in [6.07, 6.45) is 1.69. The van der Waals surface area contributed by atoms with Gasteiger partial charge in [0, 0.05) is 12.0 Å². The van der Waals surface area contributed by atoms with Gasteiger partial charge < -0.3 is 14.8 Å². The number of carbonyl (C=O) groups is 1. The summed E-state index contributed by atoms with van der Waals surface area (Å²) in [6, 6.07) is 0. The molecule has 2 fully saturated rings. The van der Waals surface area contributed by atoms with Crippen LogP contribution in [-0.4, -0.2) is 40.6 Å². The fourth-order valence-electron chi connectivity index (χ4n) is 2.05. The Bertz CT molecular complexity index is 340. The van der Waals surface area contributed by atoms with Gasteiger partial charge in [-0.15, -0.1) is 0 Å². The van der Waals surface area contributed by atoms with Crippen LogP contribution in [0, 0.1) is 5.41 Å². The highest BCUT2D eigenvalue weighted by Gasteiger charge is 2.55. The molecular formula is C11H18N2O3. The molecular weight excluding hydrogens is 208 g/mol. The lowest BCUT2D eigenvalue weighted by Gasteiger charge is -2.24. The number of oxime groups is 1. The van der Waals surface area contributed by atoms with E-state index in [0.717, 1.165) is 18.6 Å². The molecule has 1 saturated carbocycles. The van der Waals surface area contributed by atoms with Crippen molar-refractivity contribution in [2.75, 3.05) is 13.1 Å². The van der Waals surface area contributed by atoms with E-state index in [1.165, 1.54) is 0 Å². The van der Waals surface area contributed by atoms with E-state index >= 15 is 0 Å². The molecule has 16 heavy (non-hydrogen) atoms. The molecule has 2 aliphatic rings. The summed E-state index contributed by atoms with van der Waals surface area (Å²) < 4.78 is 5.29. The molecule has 0 aromatic rings. The zero-order chi connectivity index (χ0) is 12.0. The van der Waals surface area contributed by atoms with Gasteiger partial charge in [0.2, 0.25) is 0 Å². The van der Waals surface area contributed by atoms with Crippen LogP contribution in [0.3, 0.4) is 0 Å². The number of likely N-dealkylation sites (tertiary alicyclic amines) is 1. The van der Waals surface area contributed by atoms with Crippen LogP contribution in [0.4, 0.5) is 4.79 Å². The van der Waals surface area contributed by atoms with Crippen molar-refractivity contribution < 1.29 is 14.7 Å². The fraction of sp³-hybridized carbons (Fsp3) is 0.818. The van der Waals surface area contributed by atoms with Gasteiger partial charge in [-0.3, -0.25) is 0 Å². The molecule has 1 aliphatic heterocycles. The first-order valence-electron chi connectivity index (χ1n) is 5.56. The summed E-state index contributed by atoms with van der Waals surface area (Å²) in [5.74, 6) is 0. The maximum absolute atomic E-state index is 11.8. The molecule has 0 atom stereocenters. The van der Waals surface area contributed by atoms with Crippen LogP contribution < -0.4 is 0 Å². The number of carbonyl (C=O) groups excluding carboxylic acids is 1. The van der Waals surface area contributed by atoms with Crippen molar-refractivity contribution in [1.29, 1.82) is 0 Å². The normalized spacial score (nSPS) is 25.2. The zero-order valence-corrected chi connectivity index (χ0v) is 9.99. The van der Waals surface area contributed by atoms with Gasteiger partial charge in [-0.25, -0.2) is 4.79 Å². The van der Waals surface area contributed by atoms with Gasteiger partial charge in [0.25, 0.3) is 0 Å². The average molecular weight is 226 g/mol. The third-order valence-electron chi connectivity index (χ3n) is 3.07. The van der Waals surface area contributed by atoms with Crippen LogP contribution in [0.1, 0.15) is 33.6 Å². The lowest BCUT2D eigenvalue weighted by atomic mass is 10.1. The molecule has 0 unspecified atom stereocenters. The number of hydrogen-bond donors (Lipinski definition) is 1. The van der Waals surface area contributed by atoms with E-state index in [9.17, 15) is 4.79 Å². The lowest BCUT2D eigenvalue weighted by molar-refractivity contribution is 0.0289. The molecule has 0 radical (unpaired) electrons. The van der Waals surface area contributed by atoms with Crippen LogP contribution in [0.25, 0.3) is 0 Å². The Morgan fingerprint density at radius 2 is 2.12 bits per heavy atom. The van der Waals surface area contributed by atoms with Gasteiger partial charge in [-0.2, -0.15) is 0 Å². The zero-order valence-electron chi connectivity index (χ0n) is 9.99. The largest absolute Gasteiger partial charge is 0.444 e. The van der Waals surface area contributed by atoms with Crippen LogP contribution in [0.2, 0.25) is 0 Å². The minimum atomic E-state index is -0.479. The van der Waals surface area contributed by atoms with Gasteiger partial charge in [-0.05, 0) is 33.6 Å². The summed E-state index contributed by atoms with van der Waals surface area (Å²) in [5.41, 5.74) is 0.205. The minimum Gasteiger partial charge on any atom is -0.444 e. The highest BCUT2D eigenvalue weighted by molar-refractivity contribution is 5.98. The van der Waals surface area contributed by atoms with E-state index in [1.54, 1.807) is 4.90 Å². The van der Waals surface area contributed by atoms with E-state index in [0.29, 0.717) is 13.1 Å².